The second-order valence-electron chi connectivity index (χ2n) is 4.37. The van der Waals surface area contributed by atoms with Gasteiger partial charge in [-0.05, 0) is 76.9 Å². The number of hydrogen-bond donors (Lipinski definition) is 0. The van der Waals surface area contributed by atoms with Crippen LogP contribution >= 0.6 is 54.5 Å². The first-order valence-electron chi connectivity index (χ1n) is 5.65. The quantitative estimate of drug-likeness (QED) is 0.358. The van der Waals surface area contributed by atoms with Crippen molar-refractivity contribution in [1.29, 1.82) is 0 Å². The van der Waals surface area contributed by atoms with Crippen LogP contribution in [0.25, 0.3) is 0 Å². The third kappa shape index (κ3) is 3.17. The van der Waals surface area contributed by atoms with Gasteiger partial charge in [0.2, 0.25) is 0 Å². The van der Waals surface area contributed by atoms with Crippen LogP contribution in [0.3, 0.4) is 0 Å². The summed E-state index contributed by atoms with van der Waals surface area (Å²) in [4.78, 5) is 0.251. The van der Waals surface area contributed by atoms with Crippen molar-refractivity contribution >= 4 is 54.5 Å². The summed E-state index contributed by atoms with van der Waals surface area (Å²) in [6.45, 7) is 4.28. The van der Waals surface area contributed by atoms with Crippen LogP contribution in [0.2, 0.25) is 0 Å². The molecule has 3 heteroatoms. The van der Waals surface area contributed by atoms with E-state index in [0.29, 0.717) is 0 Å². The van der Waals surface area contributed by atoms with E-state index < -0.39 is 0 Å². The van der Waals surface area contributed by atoms with Gasteiger partial charge in [0.1, 0.15) is 0 Å². The first kappa shape index (κ1) is 14.5. The molecule has 94 valence electrons. The van der Waals surface area contributed by atoms with E-state index in [1.165, 1.54) is 30.3 Å². The molecule has 0 heterocycles. The summed E-state index contributed by atoms with van der Waals surface area (Å²) in [5.74, 6) is 0. The van der Waals surface area contributed by atoms with Crippen LogP contribution in [0, 0.1) is 17.4 Å². The first-order chi connectivity index (χ1) is 8.49. The summed E-state index contributed by atoms with van der Waals surface area (Å²) in [5.41, 5.74) is 5.19. The molecule has 0 bridgehead atoms. The predicted molar refractivity (Wildman–Crippen MR) is 93.5 cm³/mol. The Kier molecular flexibility index (Phi) is 4.89. The topological polar surface area (TPSA) is 0 Å². The third-order valence-corrected chi connectivity index (χ3v) is 5.58. The number of benzene rings is 2. The lowest BCUT2D eigenvalue weighted by molar-refractivity contribution is 1.13. The number of aryl methyl sites for hydroxylation is 2. The van der Waals surface area contributed by atoms with Gasteiger partial charge in [0.05, 0.1) is 4.83 Å². The lowest BCUT2D eigenvalue weighted by Crippen LogP contribution is -1.97. The van der Waals surface area contributed by atoms with Crippen molar-refractivity contribution in [3.63, 3.8) is 0 Å². The summed E-state index contributed by atoms with van der Waals surface area (Å²) >= 11 is 9.72. The van der Waals surface area contributed by atoms with Crippen molar-refractivity contribution in [1.82, 2.24) is 0 Å². The zero-order valence-corrected chi connectivity index (χ0v) is 15.5. The van der Waals surface area contributed by atoms with Gasteiger partial charge >= 0.3 is 0 Å². The van der Waals surface area contributed by atoms with Crippen molar-refractivity contribution in [3.8, 4) is 0 Å². The highest BCUT2D eigenvalue weighted by Gasteiger charge is 2.14. The van der Waals surface area contributed by atoms with Gasteiger partial charge in [0.15, 0.2) is 0 Å². The van der Waals surface area contributed by atoms with E-state index in [1.807, 2.05) is 0 Å². The molecule has 0 aliphatic rings. The molecule has 2 rings (SSSR count). The van der Waals surface area contributed by atoms with Gasteiger partial charge in [-0.15, -0.1) is 0 Å². The van der Waals surface area contributed by atoms with E-state index >= 15 is 0 Å². The highest BCUT2D eigenvalue weighted by Crippen LogP contribution is 2.35. The Hall–Kier alpha value is 0.130. The fourth-order valence-corrected chi connectivity index (χ4v) is 3.50. The second-order valence-corrected chi connectivity index (χ2v) is 7.39. The van der Waals surface area contributed by atoms with Crippen LogP contribution in [0.5, 0.6) is 0 Å². The molecule has 0 fully saturated rings. The summed E-state index contributed by atoms with van der Waals surface area (Å²) in [5, 5.41) is 0. The molecular formula is C15H13Br2I. The lowest BCUT2D eigenvalue weighted by atomic mass is 9.98. The minimum absolute atomic E-state index is 0.251. The van der Waals surface area contributed by atoms with Crippen LogP contribution < -0.4 is 0 Å². The summed E-state index contributed by atoms with van der Waals surface area (Å²) in [6, 6.07) is 13.1. The molecule has 0 saturated carbocycles. The molecule has 0 aliphatic carbocycles. The zero-order valence-electron chi connectivity index (χ0n) is 10.2. The van der Waals surface area contributed by atoms with Gasteiger partial charge in [-0.3, -0.25) is 0 Å². The van der Waals surface area contributed by atoms with Crippen molar-refractivity contribution in [2.24, 2.45) is 0 Å². The zero-order chi connectivity index (χ0) is 13.3. The van der Waals surface area contributed by atoms with E-state index in [1.54, 1.807) is 0 Å². The highest BCUT2D eigenvalue weighted by atomic mass is 127. The van der Waals surface area contributed by atoms with E-state index in [2.05, 4.69) is 105 Å². The van der Waals surface area contributed by atoms with Crippen molar-refractivity contribution in [3.05, 3.63) is 66.7 Å². The third-order valence-electron chi connectivity index (χ3n) is 2.98. The van der Waals surface area contributed by atoms with Gasteiger partial charge in [-0.25, -0.2) is 0 Å². The molecule has 0 aromatic heterocycles. The fourth-order valence-electron chi connectivity index (χ4n) is 1.89. The van der Waals surface area contributed by atoms with Crippen molar-refractivity contribution in [2.45, 2.75) is 18.7 Å². The Morgan fingerprint density at radius 2 is 1.61 bits per heavy atom. The normalized spacial score (nSPS) is 12.5. The molecule has 1 unspecified atom stereocenters. The van der Waals surface area contributed by atoms with Crippen LogP contribution in [-0.2, 0) is 0 Å². The van der Waals surface area contributed by atoms with Gasteiger partial charge in [-0.2, -0.15) is 0 Å². The van der Waals surface area contributed by atoms with Gasteiger partial charge in [0.25, 0.3) is 0 Å². The standard InChI is InChI=1S/C15H13Br2I/c1-9-8-14(16)10(2)7-13(9)15(17)11-3-5-12(18)6-4-11/h3-8,15H,1-2H3. The van der Waals surface area contributed by atoms with Crippen molar-refractivity contribution < 1.29 is 0 Å². The minimum atomic E-state index is 0.251. The van der Waals surface area contributed by atoms with Crippen LogP contribution in [0.4, 0.5) is 0 Å². The van der Waals surface area contributed by atoms with Crippen LogP contribution in [0.15, 0.2) is 40.9 Å². The molecule has 0 spiro atoms. The summed E-state index contributed by atoms with van der Waals surface area (Å²) in [7, 11) is 0. The Labute approximate surface area is 139 Å². The van der Waals surface area contributed by atoms with E-state index in [9.17, 15) is 0 Å². The first-order valence-corrected chi connectivity index (χ1v) is 8.44. The summed E-state index contributed by atoms with van der Waals surface area (Å²) < 4.78 is 2.44. The van der Waals surface area contributed by atoms with E-state index in [0.717, 1.165) is 0 Å². The largest absolute Gasteiger partial charge is 0.0786 e. The Morgan fingerprint density at radius 3 is 2.22 bits per heavy atom. The lowest BCUT2D eigenvalue weighted by Gasteiger charge is -2.15. The SMILES string of the molecule is Cc1cc(C(Br)c2ccc(I)cc2)c(C)cc1Br. The number of halogens is 3. The van der Waals surface area contributed by atoms with Gasteiger partial charge in [-0.1, -0.05) is 50.1 Å². The molecule has 18 heavy (non-hydrogen) atoms. The average Bonchev–Trinajstić information content (AvgIpc) is 2.34. The summed E-state index contributed by atoms with van der Waals surface area (Å²) in [6.07, 6.45) is 0. The molecule has 0 amide bonds. The highest BCUT2D eigenvalue weighted by molar-refractivity contribution is 14.1. The molecule has 2 aromatic rings. The smallest absolute Gasteiger partial charge is 0.0647 e. The molecule has 1 atom stereocenters. The van der Waals surface area contributed by atoms with Gasteiger partial charge < -0.3 is 0 Å². The molecule has 2 aromatic carbocycles. The maximum absolute atomic E-state index is 3.81. The van der Waals surface area contributed by atoms with Crippen LogP contribution in [-0.4, -0.2) is 0 Å². The molecule has 0 nitrogen and oxygen atoms in total. The second kappa shape index (κ2) is 6.06. The van der Waals surface area contributed by atoms with Crippen molar-refractivity contribution in [2.75, 3.05) is 0 Å². The Balaban J connectivity index is 2.42. The van der Waals surface area contributed by atoms with E-state index in [4.69, 9.17) is 0 Å². The fraction of sp³-hybridized carbons (Fsp3) is 0.200. The monoisotopic (exact) mass is 478 g/mol. The minimum Gasteiger partial charge on any atom is -0.0786 e. The molecule has 0 radical (unpaired) electrons. The average molecular weight is 480 g/mol. The number of alkyl halides is 1. The maximum atomic E-state index is 3.81. The van der Waals surface area contributed by atoms with Crippen LogP contribution in [0.1, 0.15) is 27.1 Å². The Bertz CT molecular complexity index is 561. The molecule has 0 N–H and O–H groups in total. The molecule has 0 saturated heterocycles. The molecular weight excluding hydrogens is 467 g/mol. The van der Waals surface area contributed by atoms with E-state index in [-0.39, 0.29) is 4.83 Å². The molecule has 0 aliphatic heterocycles. The van der Waals surface area contributed by atoms with Gasteiger partial charge in [0, 0.05) is 8.04 Å². The predicted octanol–water partition coefficient (Wildman–Crippen LogP) is 6.15. The maximum Gasteiger partial charge on any atom is 0.0647 e. The Morgan fingerprint density at radius 1 is 1.00 bits per heavy atom. The number of hydrogen-bond acceptors (Lipinski definition) is 0. The number of rotatable bonds is 2.